The van der Waals surface area contributed by atoms with Crippen LogP contribution >= 0.6 is 0 Å². The van der Waals surface area contributed by atoms with Crippen LogP contribution in [0.1, 0.15) is 48.7 Å². The van der Waals surface area contributed by atoms with Crippen molar-refractivity contribution in [2.75, 3.05) is 18.4 Å². The third kappa shape index (κ3) is 4.48. The van der Waals surface area contributed by atoms with Gasteiger partial charge >= 0.3 is 0 Å². The number of aromatic nitrogens is 2. The van der Waals surface area contributed by atoms with Crippen molar-refractivity contribution in [3.05, 3.63) is 46.8 Å². The average Bonchev–Trinajstić information content (AvgIpc) is 2.85. The summed E-state index contributed by atoms with van der Waals surface area (Å²) in [5, 5.41) is 7.44. The van der Waals surface area contributed by atoms with Crippen molar-refractivity contribution in [3.63, 3.8) is 0 Å². The van der Waals surface area contributed by atoms with Gasteiger partial charge in [0, 0.05) is 13.5 Å². The molecule has 0 unspecified atom stereocenters. The highest BCUT2D eigenvalue weighted by Crippen LogP contribution is 2.21. The van der Waals surface area contributed by atoms with Gasteiger partial charge in [-0.15, -0.1) is 0 Å². The fourth-order valence-corrected chi connectivity index (χ4v) is 3.51. The predicted octanol–water partition coefficient (Wildman–Crippen LogP) is 3.49. The van der Waals surface area contributed by atoms with E-state index in [9.17, 15) is 4.79 Å². The monoisotopic (exact) mass is 340 g/mol. The van der Waals surface area contributed by atoms with Crippen LogP contribution in [0, 0.1) is 13.8 Å². The van der Waals surface area contributed by atoms with E-state index in [4.69, 9.17) is 0 Å². The SMILES string of the molecule is CC(=O)Nc1c(C)nn(Cc2ccc(CN3CCCCC3)cc2)c1C. The van der Waals surface area contributed by atoms with Crippen LogP contribution in [0.25, 0.3) is 0 Å². The molecular formula is C20H28N4O. The van der Waals surface area contributed by atoms with Gasteiger partial charge < -0.3 is 5.32 Å². The topological polar surface area (TPSA) is 50.2 Å². The minimum Gasteiger partial charge on any atom is -0.323 e. The number of carbonyl (C=O) groups excluding carboxylic acids is 1. The molecule has 0 spiro atoms. The van der Waals surface area contributed by atoms with Crippen molar-refractivity contribution < 1.29 is 4.79 Å². The van der Waals surface area contributed by atoms with E-state index >= 15 is 0 Å². The molecule has 1 fully saturated rings. The number of rotatable bonds is 5. The van der Waals surface area contributed by atoms with Crippen LogP contribution in [-0.2, 0) is 17.9 Å². The van der Waals surface area contributed by atoms with Gasteiger partial charge in [0.15, 0.2) is 0 Å². The third-order valence-corrected chi connectivity index (χ3v) is 4.89. The van der Waals surface area contributed by atoms with Crippen molar-refractivity contribution in [2.45, 2.75) is 53.1 Å². The molecule has 2 heterocycles. The lowest BCUT2D eigenvalue weighted by atomic mass is 10.1. The second-order valence-corrected chi connectivity index (χ2v) is 7.04. The molecule has 0 atom stereocenters. The molecule has 5 heteroatoms. The second kappa shape index (κ2) is 7.83. The van der Waals surface area contributed by atoms with Crippen LogP contribution < -0.4 is 5.32 Å². The van der Waals surface area contributed by atoms with Gasteiger partial charge in [-0.3, -0.25) is 14.4 Å². The fourth-order valence-electron chi connectivity index (χ4n) is 3.51. The number of nitrogens with one attached hydrogen (secondary N) is 1. The lowest BCUT2D eigenvalue weighted by molar-refractivity contribution is -0.114. The number of piperidine rings is 1. The lowest BCUT2D eigenvalue weighted by Crippen LogP contribution is -2.29. The number of anilines is 1. The first-order valence-electron chi connectivity index (χ1n) is 9.14. The van der Waals surface area contributed by atoms with Crippen molar-refractivity contribution >= 4 is 11.6 Å². The molecule has 1 aromatic heterocycles. The normalized spacial score (nSPS) is 15.3. The zero-order chi connectivity index (χ0) is 17.8. The number of hydrogen-bond donors (Lipinski definition) is 1. The van der Waals surface area contributed by atoms with E-state index < -0.39 is 0 Å². The van der Waals surface area contributed by atoms with E-state index in [1.54, 1.807) is 0 Å². The molecule has 1 aliphatic rings. The smallest absolute Gasteiger partial charge is 0.221 e. The molecule has 2 aromatic rings. The Labute approximate surface area is 150 Å². The molecule has 1 saturated heterocycles. The van der Waals surface area contributed by atoms with Crippen molar-refractivity contribution in [1.82, 2.24) is 14.7 Å². The quantitative estimate of drug-likeness (QED) is 0.906. The van der Waals surface area contributed by atoms with Crippen LogP contribution in [0.5, 0.6) is 0 Å². The van der Waals surface area contributed by atoms with Crippen LogP contribution in [0.15, 0.2) is 24.3 Å². The van der Waals surface area contributed by atoms with Gasteiger partial charge in [0.05, 0.1) is 23.6 Å². The Bertz CT molecular complexity index is 727. The predicted molar refractivity (Wildman–Crippen MR) is 101 cm³/mol. The van der Waals surface area contributed by atoms with Crippen LogP contribution in [0.3, 0.4) is 0 Å². The third-order valence-electron chi connectivity index (χ3n) is 4.89. The molecule has 3 rings (SSSR count). The summed E-state index contributed by atoms with van der Waals surface area (Å²) in [7, 11) is 0. The molecule has 0 bridgehead atoms. The van der Waals surface area contributed by atoms with Gasteiger partial charge in [0.2, 0.25) is 5.91 Å². The summed E-state index contributed by atoms with van der Waals surface area (Å²) in [4.78, 5) is 13.9. The van der Waals surface area contributed by atoms with Gasteiger partial charge in [0.1, 0.15) is 0 Å². The Kier molecular flexibility index (Phi) is 5.53. The summed E-state index contributed by atoms with van der Waals surface area (Å²) in [6.07, 6.45) is 4.03. The Balaban J connectivity index is 1.66. The molecule has 1 N–H and O–H groups in total. The maximum absolute atomic E-state index is 11.3. The van der Waals surface area contributed by atoms with Crippen molar-refractivity contribution in [3.8, 4) is 0 Å². The summed E-state index contributed by atoms with van der Waals surface area (Å²) in [5.41, 5.74) is 5.27. The Morgan fingerprint density at radius 3 is 2.24 bits per heavy atom. The van der Waals surface area contributed by atoms with Crippen molar-refractivity contribution in [1.29, 1.82) is 0 Å². The first kappa shape index (κ1) is 17.7. The van der Waals surface area contributed by atoms with E-state index in [-0.39, 0.29) is 5.91 Å². The molecule has 0 radical (unpaired) electrons. The number of amides is 1. The summed E-state index contributed by atoms with van der Waals surface area (Å²) in [5.74, 6) is -0.0622. The zero-order valence-electron chi connectivity index (χ0n) is 15.5. The number of hydrogen-bond acceptors (Lipinski definition) is 3. The maximum Gasteiger partial charge on any atom is 0.221 e. The van der Waals surface area contributed by atoms with Crippen LogP contribution in [0.4, 0.5) is 5.69 Å². The highest BCUT2D eigenvalue weighted by Gasteiger charge is 2.13. The van der Waals surface area contributed by atoms with Gasteiger partial charge in [-0.1, -0.05) is 30.7 Å². The molecule has 5 nitrogen and oxygen atoms in total. The minimum atomic E-state index is -0.0622. The largest absolute Gasteiger partial charge is 0.323 e. The van der Waals surface area contributed by atoms with E-state index in [2.05, 4.69) is 39.6 Å². The van der Waals surface area contributed by atoms with Gasteiger partial charge in [0.25, 0.3) is 0 Å². The molecule has 25 heavy (non-hydrogen) atoms. The zero-order valence-corrected chi connectivity index (χ0v) is 15.5. The number of aryl methyl sites for hydroxylation is 1. The lowest BCUT2D eigenvalue weighted by Gasteiger charge is -2.26. The van der Waals surface area contributed by atoms with Gasteiger partial charge in [-0.05, 0) is 50.9 Å². The number of benzene rings is 1. The van der Waals surface area contributed by atoms with E-state index in [1.807, 2.05) is 18.5 Å². The van der Waals surface area contributed by atoms with E-state index in [0.717, 1.165) is 30.2 Å². The Morgan fingerprint density at radius 1 is 1.04 bits per heavy atom. The Morgan fingerprint density at radius 2 is 1.64 bits per heavy atom. The maximum atomic E-state index is 11.3. The van der Waals surface area contributed by atoms with Gasteiger partial charge in [-0.2, -0.15) is 5.10 Å². The van der Waals surface area contributed by atoms with E-state index in [1.165, 1.54) is 50.4 Å². The summed E-state index contributed by atoms with van der Waals surface area (Å²) < 4.78 is 1.96. The average molecular weight is 340 g/mol. The summed E-state index contributed by atoms with van der Waals surface area (Å²) in [6, 6.07) is 8.83. The number of likely N-dealkylation sites (tertiary alicyclic amines) is 1. The standard InChI is InChI=1S/C20H28N4O/c1-15-20(21-17(3)25)16(2)24(22-15)14-19-9-7-18(8-10-19)13-23-11-5-4-6-12-23/h7-10H,4-6,11-14H2,1-3H3,(H,21,25). The molecule has 1 amide bonds. The summed E-state index contributed by atoms with van der Waals surface area (Å²) >= 11 is 0. The highest BCUT2D eigenvalue weighted by atomic mass is 16.1. The molecule has 134 valence electrons. The summed E-state index contributed by atoms with van der Waals surface area (Å²) in [6.45, 7) is 9.66. The number of carbonyl (C=O) groups is 1. The molecule has 0 aliphatic carbocycles. The fraction of sp³-hybridized carbons (Fsp3) is 0.500. The number of nitrogens with zero attached hydrogens (tertiary/aromatic N) is 3. The first-order chi connectivity index (χ1) is 12.0. The first-order valence-corrected chi connectivity index (χ1v) is 9.14. The Hall–Kier alpha value is -2.14. The van der Waals surface area contributed by atoms with Crippen LogP contribution in [-0.4, -0.2) is 33.7 Å². The van der Waals surface area contributed by atoms with E-state index in [0.29, 0.717) is 0 Å². The van der Waals surface area contributed by atoms with Crippen LogP contribution in [0.2, 0.25) is 0 Å². The molecular weight excluding hydrogens is 312 g/mol. The van der Waals surface area contributed by atoms with Gasteiger partial charge in [-0.25, -0.2) is 0 Å². The molecule has 1 aliphatic heterocycles. The minimum absolute atomic E-state index is 0.0622. The molecule has 0 saturated carbocycles. The second-order valence-electron chi connectivity index (χ2n) is 7.04. The van der Waals surface area contributed by atoms with Crippen molar-refractivity contribution in [2.24, 2.45) is 0 Å². The molecule has 1 aromatic carbocycles. The highest BCUT2D eigenvalue weighted by molar-refractivity contribution is 5.89.